The average molecular weight is 302 g/mol. The second-order valence-corrected chi connectivity index (χ2v) is 5.32. The fourth-order valence-electron chi connectivity index (χ4n) is 2.45. The van der Waals surface area contributed by atoms with Gasteiger partial charge in [0, 0.05) is 5.70 Å². The summed E-state index contributed by atoms with van der Waals surface area (Å²) in [6.07, 6.45) is 2.95. The van der Waals surface area contributed by atoms with Crippen LogP contribution in [0.25, 0.3) is 0 Å². The van der Waals surface area contributed by atoms with Gasteiger partial charge in [0.15, 0.2) is 0 Å². The third-order valence-electron chi connectivity index (χ3n) is 3.60. The summed E-state index contributed by atoms with van der Waals surface area (Å²) >= 11 is 0. The van der Waals surface area contributed by atoms with Gasteiger partial charge >= 0.3 is 12.0 Å². The Kier molecular flexibility index (Phi) is 5.58. The number of rotatable bonds is 6. The van der Waals surface area contributed by atoms with Crippen LogP contribution in [0.4, 0.5) is 4.79 Å². The summed E-state index contributed by atoms with van der Waals surface area (Å²) in [7, 11) is 0. The number of carbonyl (C=O) groups is 2. The standard InChI is InChI=1S/C17H22N2O3/c1-3-4-8-11-22-16(20)14-12(2)18-17(21)19-15(14)13-9-6-5-7-10-13/h5-7,9-10,15H,3-4,8,11H2,1-2H3,(H2,18,19,21)/t15-/m1/s1. The molecule has 1 aliphatic heterocycles. The number of ether oxygens (including phenoxy) is 1. The number of nitrogens with one attached hydrogen (secondary N) is 2. The van der Waals surface area contributed by atoms with Gasteiger partial charge in [-0.05, 0) is 18.9 Å². The lowest BCUT2D eigenvalue weighted by Crippen LogP contribution is -2.45. The molecule has 2 amide bonds. The molecule has 118 valence electrons. The summed E-state index contributed by atoms with van der Waals surface area (Å²) in [5.74, 6) is -0.380. The predicted octanol–water partition coefficient (Wildman–Crippen LogP) is 3.05. The van der Waals surface area contributed by atoms with Crippen LogP contribution in [-0.2, 0) is 9.53 Å². The number of allylic oxidation sites excluding steroid dienone is 1. The van der Waals surface area contributed by atoms with Crippen LogP contribution in [0, 0.1) is 0 Å². The normalized spacial score (nSPS) is 17.7. The summed E-state index contributed by atoms with van der Waals surface area (Å²) in [4.78, 5) is 24.1. The first-order chi connectivity index (χ1) is 10.6. The fourth-order valence-corrected chi connectivity index (χ4v) is 2.45. The zero-order chi connectivity index (χ0) is 15.9. The van der Waals surface area contributed by atoms with Gasteiger partial charge in [-0.1, -0.05) is 50.1 Å². The number of esters is 1. The Morgan fingerprint density at radius 1 is 1.23 bits per heavy atom. The summed E-state index contributed by atoms with van der Waals surface area (Å²) in [6.45, 7) is 4.22. The number of amides is 2. The highest BCUT2D eigenvalue weighted by Gasteiger charge is 2.31. The van der Waals surface area contributed by atoms with Crippen LogP contribution in [0.5, 0.6) is 0 Å². The molecular weight excluding hydrogens is 280 g/mol. The van der Waals surface area contributed by atoms with Crippen molar-refractivity contribution in [1.82, 2.24) is 10.6 Å². The first kappa shape index (κ1) is 16.1. The van der Waals surface area contributed by atoms with Crippen LogP contribution < -0.4 is 10.6 Å². The third-order valence-corrected chi connectivity index (χ3v) is 3.60. The van der Waals surface area contributed by atoms with E-state index in [1.807, 2.05) is 30.3 Å². The number of unbranched alkanes of at least 4 members (excludes halogenated alkanes) is 2. The highest BCUT2D eigenvalue weighted by atomic mass is 16.5. The Labute approximate surface area is 130 Å². The number of urea groups is 1. The quantitative estimate of drug-likeness (QED) is 0.627. The number of benzene rings is 1. The predicted molar refractivity (Wildman–Crippen MR) is 84.0 cm³/mol. The molecule has 5 nitrogen and oxygen atoms in total. The van der Waals surface area contributed by atoms with E-state index in [2.05, 4.69) is 17.6 Å². The van der Waals surface area contributed by atoms with E-state index < -0.39 is 6.04 Å². The van der Waals surface area contributed by atoms with E-state index in [1.165, 1.54) is 0 Å². The largest absolute Gasteiger partial charge is 0.462 e. The molecule has 5 heteroatoms. The maximum Gasteiger partial charge on any atom is 0.338 e. The van der Waals surface area contributed by atoms with E-state index in [9.17, 15) is 9.59 Å². The van der Waals surface area contributed by atoms with Gasteiger partial charge in [0.25, 0.3) is 0 Å². The Morgan fingerprint density at radius 3 is 2.64 bits per heavy atom. The summed E-state index contributed by atoms with van der Waals surface area (Å²) in [6, 6.07) is 8.63. The minimum absolute atomic E-state index is 0.311. The smallest absolute Gasteiger partial charge is 0.338 e. The Bertz CT molecular complexity index is 567. The van der Waals surface area contributed by atoms with Crippen molar-refractivity contribution in [3.05, 3.63) is 47.2 Å². The first-order valence-corrected chi connectivity index (χ1v) is 7.63. The maximum atomic E-state index is 12.4. The lowest BCUT2D eigenvalue weighted by molar-refractivity contribution is -0.139. The van der Waals surface area contributed by atoms with E-state index >= 15 is 0 Å². The molecule has 1 aromatic carbocycles. The lowest BCUT2D eigenvalue weighted by atomic mass is 9.96. The van der Waals surface area contributed by atoms with Crippen molar-refractivity contribution in [3.63, 3.8) is 0 Å². The SMILES string of the molecule is CCCCCOC(=O)C1=C(C)NC(=O)N[C@@H]1c1ccccc1. The Balaban J connectivity index is 2.18. The highest BCUT2D eigenvalue weighted by molar-refractivity contribution is 5.95. The van der Waals surface area contributed by atoms with E-state index in [0.29, 0.717) is 17.9 Å². The average Bonchev–Trinajstić information content (AvgIpc) is 2.51. The topological polar surface area (TPSA) is 67.4 Å². The molecule has 1 heterocycles. The van der Waals surface area contributed by atoms with Crippen molar-refractivity contribution in [2.75, 3.05) is 6.61 Å². The molecule has 2 N–H and O–H groups in total. The van der Waals surface area contributed by atoms with Crippen molar-refractivity contribution in [2.24, 2.45) is 0 Å². The molecular formula is C17H22N2O3. The van der Waals surface area contributed by atoms with Gasteiger partial charge in [-0.3, -0.25) is 0 Å². The van der Waals surface area contributed by atoms with Crippen LogP contribution in [0.15, 0.2) is 41.6 Å². The van der Waals surface area contributed by atoms with Gasteiger partial charge in [0.2, 0.25) is 0 Å². The molecule has 1 aliphatic rings. The summed E-state index contributed by atoms with van der Waals surface area (Å²) in [5, 5.41) is 5.43. The monoisotopic (exact) mass is 302 g/mol. The van der Waals surface area contributed by atoms with Gasteiger partial charge in [-0.2, -0.15) is 0 Å². The second-order valence-electron chi connectivity index (χ2n) is 5.32. The van der Waals surface area contributed by atoms with Crippen molar-refractivity contribution in [2.45, 2.75) is 39.2 Å². The molecule has 1 atom stereocenters. The minimum Gasteiger partial charge on any atom is -0.462 e. The third kappa shape index (κ3) is 3.87. The molecule has 0 aliphatic carbocycles. The molecule has 1 aromatic rings. The zero-order valence-electron chi connectivity index (χ0n) is 13.0. The fraction of sp³-hybridized carbons (Fsp3) is 0.412. The van der Waals surface area contributed by atoms with Gasteiger partial charge in [-0.15, -0.1) is 0 Å². The van der Waals surface area contributed by atoms with Crippen molar-refractivity contribution in [1.29, 1.82) is 0 Å². The van der Waals surface area contributed by atoms with Crippen LogP contribution in [0.2, 0.25) is 0 Å². The van der Waals surface area contributed by atoms with Crippen molar-refractivity contribution >= 4 is 12.0 Å². The number of hydrogen-bond acceptors (Lipinski definition) is 3. The number of carbonyl (C=O) groups excluding carboxylic acids is 2. The molecule has 22 heavy (non-hydrogen) atoms. The van der Waals surface area contributed by atoms with E-state index in [4.69, 9.17) is 4.74 Å². The number of hydrogen-bond donors (Lipinski definition) is 2. The molecule has 0 bridgehead atoms. The summed E-state index contributed by atoms with van der Waals surface area (Å²) in [5.41, 5.74) is 1.86. The molecule has 0 radical (unpaired) electrons. The molecule has 0 spiro atoms. The van der Waals surface area contributed by atoms with E-state index in [0.717, 1.165) is 24.8 Å². The first-order valence-electron chi connectivity index (χ1n) is 7.63. The molecule has 0 unspecified atom stereocenters. The van der Waals surface area contributed by atoms with E-state index in [-0.39, 0.29) is 12.0 Å². The van der Waals surface area contributed by atoms with Gasteiger partial charge in [0.1, 0.15) is 0 Å². The van der Waals surface area contributed by atoms with Crippen LogP contribution in [0.3, 0.4) is 0 Å². The molecule has 0 aromatic heterocycles. The van der Waals surface area contributed by atoms with Crippen molar-refractivity contribution in [3.8, 4) is 0 Å². The molecule has 0 saturated carbocycles. The minimum atomic E-state index is -0.478. The van der Waals surface area contributed by atoms with Crippen molar-refractivity contribution < 1.29 is 14.3 Å². The van der Waals surface area contributed by atoms with Crippen LogP contribution in [-0.4, -0.2) is 18.6 Å². The molecule has 2 rings (SSSR count). The van der Waals surface area contributed by atoms with Gasteiger partial charge in [0.05, 0.1) is 18.2 Å². The van der Waals surface area contributed by atoms with Crippen LogP contribution >= 0.6 is 0 Å². The lowest BCUT2D eigenvalue weighted by Gasteiger charge is -2.28. The Hall–Kier alpha value is -2.30. The molecule has 0 fully saturated rings. The van der Waals surface area contributed by atoms with Gasteiger partial charge in [-0.25, -0.2) is 9.59 Å². The van der Waals surface area contributed by atoms with E-state index in [1.54, 1.807) is 6.92 Å². The van der Waals surface area contributed by atoms with Crippen LogP contribution in [0.1, 0.15) is 44.7 Å². The maximum absolute atomic E-state index is 12.4. The highest BCUT2D eigenvalue weighted by Crippen LogP contribution is 2.27. The van der Waals surface area contributed by atoms with Gasteiger partial charge < -0.3 is 15.4 Å². The second kappa shape index (κ2) is 7.64. The molecule has 0 saturated heterocycles. The Morgan fingerprint density at radius 2 is 1.95 bits per heavy atom. The summed E-state index contributed by atoms with van der Waals surface area (Å²) < 4.78 is 5.35. The zero-order valence-corrected chi connectivity index (χ0v) is 13.0.